The van der Waals surface area contributed by atoms with Gasteiger partial charge in [-0.05, 0) is 169 Å². The molecule has 6 aliphatic rings. The Bertz CT molecular complexity index is 3040. The van der Waals surface area contributed by atoms with Crippen molar-refractivity contribution in [3.05, 3.63) is 106 Å². The Morgan fingerprint density at radius 1 is 0.946 bits per heavy atom. The van der Waals surface area contributed by atoms with E-state index < -0.39 is 43.1 Å². The van der Waals surface area contributed by atoms with Gasteiger partial charge in [-0.3, -0.25) is 19.8 Å². The van der Waals surface area contributed by atoms with Crippen LogP contribution in [0.15, 0.2) is 83.9 Å². The number of aliphatic hydroxyl groups is 1. The van der Waals surface area contributed by atoms with Crippen LogP contribution in [0.2, 0.25) is 0 Å². The van der Waals surface area contributed by atoms with Crippen molar-refractivity contribution < 1.29 is 32.7 Å². The van der Waals surface area contributed by atoms with Crippen LogP contribution in [-0.4, -0.2) is 101 Å². The predicted octanol–water partition coefficient (Wildman–Crippen LogP) is 10.5. The topological polar surface area (TPSA) is 196 Å². The van der Waals surface area contributed by atoms with E-state index in [0.29, 0.717) is 79.9 Å². The predicted molar refractivity (Wildman–Crippen MR) is 287 cm³/mol. The monoisotopic (exact) mass is 1030 g/mol. The van der Waals surface area contributed by atoms with Gasteiger partial charge in [0.2, 0.25) is 5.88 Å². The second-order valence-electron chi connectivity index (χ2n) is 23.5. The highest BCUT2D eigenvalue weighted by atomic mass is 32.2. The van der Waals surface area contributed by atoms with Crippen LogP contribution in [0.1, 0.15) is 145 Å². The molecule has 16 nitrogen and oxygen atoms in total. The molecule has 3 saturated heterocycles. The lowest BCUT2D eigenvalue weighted by atomic mass is 9.58. The number of likely N-dealkylation sites (tertiary alicyclic amines) is 1. The zero-order valence-corrected chi connectivity index (χ0v) is 44.3. The molecule has 1 spiro atoms. The van der Waals surface area contributed by atoms with Gasteiger partial charge in [0, 0.05) is 67.2 Å². The van der Waals surface area contributed by atoms with Crippen LogP contribution in [0.3, 0.4) is 0 Å². The Morgan fingerprint density at radius 2 is 1.72 bits per heavy atom. The summed E-state index contributed by atoms with van der Waals surface area (Å²) < 4.78 is 43.2. The van der Waals surface area contributed by atoms with E-state index in [1.807, 2.05) is 37.4 Å². The first kappa shape index (κ1) is 50.4. The number of hydrogen-bond acceptors (Lipinski definition) is 13. The minimum Gasteiger partial charge on any atom is -0.468 e. The molecule has 6 heterocycles. The van der Waals surface area contributed by atoms with E-state index in [1.165, 1.54) is 55.4 Å². The molecule has 2 saturated carbocycles. The number of carbonyl (C=O) groups is 1. The molecular weight excluding hydrogens is 957 g/mol. The second kappa shape index (κ2) is 19.4. The molecule has 394 valence electrons. The number of anilines is 4. The molecule has 2 aromatic heterocycles. The summed E-state index contributed by atoms with van der Waals surface area (Å²) in [4.78, 5) is 41.6. The third-order valence-electron chi connectivity index (χ3n) is 17.8. The largest absolute Gasteiger partial charge is 0.468 e. The van der Waals surface area contributed by atoms with Crippen LogP contribution in [0.5, 0.6) is 5.88 Å². The van der Waals surface area contributed by atoms with E-state index >= 15 is 0 Å². The third-order valence-corrected chi connectivity index (χ3v) is 19.1. The lowest BCUT2D eigenvalue weighted by Crippen LogP contribution is -2.62. The molecule has 0 bridgehead atoms. The fraction of sp³-hybridized carbons (Fsp3) is 0.544. The van der Waals surface area contributed by atoms with E-state index in [-0.39, 0.29) is 34.2 Å². The van der Waals surface area contributed by atoms with Crippen LogP contribution in [-0.2, 0) is 14.8 Å². The third kappa shape index (κ3) is 9.62. The van der Waals surface area contributed by atoms with E-state index in [9.17, 15) is 28.4 Å². The summed E-state index contributed by atoms with van der Waals surface area (Å²) in [5, 5.41) is 26.8. The first-order valence-electron chi connectivity index (χ1n) is 27.0. The fourth-order valence-corrected chi connectivity index (χ4v) is 14.6. The minimum absolute atomic E-state index is 0.105. The van der Waals surface area contributed by atoms with E-state index in [2.05, 4.69) is 81.7 Å². The maximum atomic E-state index is 14.8. The molecule has 0 radical (unpaired) electrons. The number of pyridine rings is 1. The molecule has 2 aliphatic carbocycles. The molecule has 0 unspecified atom stereocenters. The zero-order valence-electron chi connectivity index (χ0n) is 43.4. The number of fused-ring (bicyclic) bond motifs is 3. The summed E-state index contributed by atoms with van der Waals surface area (Å²) >= 11 is 0. The maximum absolute atomic E-state index is 14.8. The summed E-state index contributed by atoms with van der Waals surface area (Å²) in [6.45, 7) is 14.2. The first-order chi connectivity index (χ1) is 35.4. The molecule has 3 atom stereocenters. The Morgan fingerprint density at radius 3 is 2.47 bits per heavy atom. The smallest absolute Gasteiger partial charge is 0.293 e. The van der Waals surface area contributed by atoms with Gasteiger partial charge >= 0.3 is 0 Å². The SMILES string of the molecule is CC(C)c1ccccc1[C@@H]1CCCC(C)(C)N1C1CC2(CCN(c3ccc(C(=O)NS(=O)(=O)c4ccc(NCC5CCC(C)(O)CC5)c([N+](=O)[O-])c4)c(N4c5cc6cc[nH]c6nc5O[C@H]5COCC[C@@H]54)c3)CC2)C1. The van der Waals surface area contributed by atoms with Crippen molar-refractivity contribution >= 4 is 55.4 Å². The average Bonchev–Trinajstić information content (AvgIpc) is 3.83. The molecule has 74 heavy (non-hydrogen) atoms. The molecule has 17 heteroatoms. The molecule has 5 fully saturated rings. The van der Waals surface area contributed by atoms with Crippen molar-refractivity contribution in [1.82, 2.24) is 19.6 Å². The Balaban J connectivity index is 0.871. The maximum Gasteiger partial charge on any atom is 0.293 e. The number of benzene rings is 3. The van der Waals surface area contributed by atoms with E-state index in [0.717, 1.165) is 55.9 Å². The first-order valence-corrected chi connectivity index (χ1v) is 28.5. The number of H-pyrrole nitrogens is 1. The average molecular weight is 1030 g/mol. The lowest BCUT2D eigenvalue weighted by molar-refractivity contribution is -0.384. The molecule has 11 rings (SSSR count). The van der Waals surface area contributed by atoms with Gasteiger partial charge in [-0.1, -0.05) is 38.1 Å². The summed E-state index contributed by atoms with van der Waals surface area (Å²) in [5.74, 6) is 0.166. The minimum atomic E-state index is -4.62. The number of sulfonamides is 1. The number of rotatable bonds is 12. The van der Waals surface area contributed by atoms with Crippen molar-refractivity contribution in [2.24, 2.45) is 11.3 Å². The van der Waals surface area contributed by atoms with Gasteiger partial charge in [0.05, 0.1) is 39.3 Å². The number of amides is 1. The highest BCUT2D eigenvalue weighted by Gasteiger charge is 2.53. The van der Waals surface area contributed by atoms with Crippen molar-refractivity contribution in [2.45, 2.75) is 158 Å². The Hall–Kier alpha value is -5.75. The number of aromatic nitrogens is 2. The normalized spacial score (nSPS) is 26.0. The Labute approximate surface area is 434 Å². The van der Waals surface area contributed by atoms with Gasteiger partial charge in [-0.25, -0.2) is 13.1 Å². The van der Waals surface area contributed by atoms with Crippen LogP contribution in [0, 0.1) is 21.4 Å². The van der Waals surface area contributed by atoms with Gasteiger partial charge in [0.1, 0.15) is 23.1 Å². The quantitative estimate of drug-likeness (QED) is 0.0681. The number of ether oxygens (including phenoxy) is 2. The van der Waals surface area contributed by atoms with Crippen molar-refractivity contribution in [3.63, 3.8) is 0 Å². The summed E-state index contributed by atoms with van der Waals surface area (Å²) in [6.07, 6.45) is 12.8. The fourth-order valence-electron chi connectivity index (χ4n) is 13.6. The number of nitro groups is 1. The number of aromatic amines is 1. The number of carbonyl (C=O) groups excluding carboxylic acids is 1. The van der Waals surface area contributed by atoms with Crippen LogP contribution in [0.4, 0.5) is 28.4 Å². The molecule has 4 N–H and O–H groups in total. The van der Waals surface area contributed by atoms with Crippen LogP contribution < -0.4 is 24.6 Å². The number of piperidine rings is 2. The molecular formula is C57H72N8O8S. The van der Waals surface area contributed by atoms with E-state index in [4.69, 9.17) is 14.5 Å². The second-order valence-corrected chi connectivity index (χ2v) is 25.2. The molecule has 1 amide bonds. The standard InChI is InChI=1S/C57H72N8O8S/c1-36(2)42-9-6-7-10-43(42)46-11-8-20-55(3,4)64(46)40-32-57(33-40)23-26-62(27-24-57)39-12-14-44(48(30-39)63-47-19-28-72-35-51(47)73-54-50(63)29-38-18-25-58-52(38)60-54)53(66)61-74(70,71)41-13-15-45(49(31-41)65(68)69)59-34-37-16-21-56(5,67)22-17-37/h6-7,9-10,12-15,18,25,29-31,36-37,40,46-47,51,59,67H,8,11,16-17,19-24,26-28,32-35H2,1-5H3,(H,58,60)(H,61,66)/t37?,46-,47-,51-,56?/m0/s1. The zero-order chi connectivity index (χ0) is 51.7. The van der Waals surface area contributed by atoms with Crippen molar-refractivity contribution in [2.75, 3.05) is 48.0 Å². The summed E-state index contributed by atoms with van der Waals surface area (Å²) in [6, 6.07) is 23.0. The van der Waals surface area contributed by atoms with Crippen molar-refractivity contribution in [3.8, 4) is 5.88 Å². The molecule has 5 aromatic rings. The summed E-state index contributed by atoms with van der Waals surface area (Å²) in [5.41, 5.74) is 5.22. The lowest BCUT2D eigenvalue weighted by Gasteiger charge is -2.61. The number of nitrogens with zero attached hydrogens (tertiary/aromatic N) is 5. The van der Waals surface area contributed by atoms with Crippen molar-refractivity contribution in [1.29, 1.82) is 0 Å². The Kier molecular flexibility index (Phi) is 13.2. The number of nitrogens with one attached hydrogen (secondary N) is 3. The van der Waals surface area contributed by atoms with Crippen LogP contribution >= 0.6 is 0 Å². The highest BCUT2D eigenvalue weighted by molar-refractivity contribution is 7.90. The van der Waals surface area contributed by atoms with Gasteiger partial charge in [-0.2, -0.15) is 4.98 Å². The highest BCUT2D eigenvalue weighted by Crippen LogP contribution is 2.57. The van der Waals surface area contributed by atoms with Gasteiger partial charge in [0.25, 0.3) is 21.6 Å². The van der Waals surface area contributed by atoms with Crippen LogP contribution in [0.25, 0.3) is 11.0 Å². The van der Waals surface area contributed by atoms with Gasteiger partial charge in [-0.15, -0.1) is 0 Å². The summed E-state index contributed by atoms with van der Waals surface area (Å²) in [7, 11) is -4.62. The number of nitro benzene ring substituents is 1. The van der Waals surface area contributed by atoms with E-state index in [1.54, 1.807) is 6.07 Å². The molecule has 3 aromatic carbocycles. The molecule has 4 aliphatic heterocycles. The van der Waals surface area contributed by atoms with Gasteiger partial charge in [0.15, 0.2) is 0 Å². The van der Waals surface area contributed by atoms with Gasteiger partial charge < -0.3 is 34.7 Å². The number of hydrogen-bond donors (Lipinski definition) is 4.